The molecule has 3 heterocycles. The minimum atomic E-state index is 0.932. The van der Waals surface area contributed by atoms with Gasteiger partial charge in [0.2, 0.25) is 0 Å². The van der Waals surface area contributed by atoms with Crippen LogP contribution in [0.3, 0.4) is 0 Å². The molecular weight excluding hydrogens is 226 g/mol. The number of imidazole rings is 2. The quantitative estimate of drug-likeness (QED) is 0.817. The van der Waals surface area contributed by atoms with Crippen molar-refractivity contribution >= 4 is 0 Å². The van der Waals surface area contributed by atoms with Crippen molar-refractivity contribution in [2.45, 2.75) is 19.4 Å². The minimum absolute atomic E-state index is 0.932. The third kappa shape index (κ3) is 2.18. The average Bonchev–Trinajstić information content (AvgIpc) is 3.06. The molecule has 18 heavy (non-hydrogen) atoms. The SMILES string of the molecule is Cn1ccnc1-c1nccn1CCN1CCCC1. The number of rotatable bonds is 4. The molecule has 1 saturated heterocycles. The van der Waals surface area contributed by atoms with E-state index in [0.717, 1.165) is 24.7 Å². The largest absolute Gasteiger partial charge is 0.331 e. The van der Waals surface area contributed by atoms with Crippen molar-refractivity contribution in [1.82, 2.24) is 24.0 Å². The van der Waals surface area contributed by atoms with E-state index in [4.69, 9.17) is 0 Å². The number of hydrogen-bond donors (Lipinski definition) is 0. The maximum atomic E-state index is 4.43. The normalized spacial score (nSPS) is 16.5. The van der Waals surface area contributed by atoms with Crippen LogP contribution < -0.4 is 0 Å². The third-order valence-electron chi connectivity index (χ3n) is 3.59. The number of aryl methyl sites for hydroxylation is 1. The highest BCUT2D eigenvalue weighted by atomic mass is 15.2. The van der Waals surface area contributed by atoms with Crippen LogP contribution >= 0.6 is 0 Å². The zero-order valence-electron chi connectivity index (χ0n) is 10.8. The van der Waals surface area contributed by atoms with Crippen molar-refractivity contribution in [3.63, 3.8) is 0 Å². The second kappa shape index (κ2) is 4.94. The van der Waals surface area contributed by atoms with Crippen LogP contribution in [0, 0.1) is 0 Å². The van der Waals surface area contributed by atoms with E-state index >= 15 is 0 Å². The second-order valence-electron chi connectivity index (χ2n) is 4.85. The first kappa shape index (κ1) is 11.5. The van der Waals surface area contributed by atoms with Gasteiger partial charge in [0.1, 0.15) is 0 Å². The Balaban J connectivity index is 1.73. The highest BCUT2D eigenvalue weighted by Gasteiger charge is 2.14. The van der Waals surface area contributed by atoms with Gasteiger partial charge in [-0.3, -0.25) is 0 Å². The van der Waals surface area contributed by atoms with Gasteiger partial charge < -0.3 is 14.0 Å². The molecule has 1 aliphatic heterocycles. The van der Waals surface area contributed by atoms with E-state index in [2.05, 4.69) is 19.4 Å². The van der Waals surface area contributed by atoms with Crippen molar-refractivity contribution in [1.29, 1.82) is 0 Å². The minimum Gasteiger partial charge on any atom is -0.331 e. The number of aromatic nitrogens is 4. The van der Waals surface area contributed by atoms with Gasteiger partial charge in [0.15, 0.2) is 11.6 Å². The van der Waals surface area contributed by atoms with Crippen LogP contribution in [0.4, 0.5) is 0 Å². The summed E-state index contributed by atoms with van der Waals surface area (Å²) in [5.41, 5.74) is 0. The topological polar surface area (TPSA) is 38.9 Å². The smallest absolute Gasteiger partial charge is 0.176 e. The van der Waals surface area contributed by atoms with Crippen molar-refractivity contribution in [3.8, 4) is 11.6 Å². The maximum absolute atomic E-state index is 4.43. The number of hydrogen-bond acceptors (Lipinski definition) is 3. The predicted octanol–water partition coefficient (Wildman–Crippen LogP) is 1.38. The Morgan fingerprint density at radius 2 is 1.72 bits per heavy atom. The van der Waals surface area contributed by atoms with Crippen LogP contribution in [0.15, 0.2) is 24.8 Å². The summed E-state index contributed by atoms with van der Waals surface area (Å²) < 4.78 is 4.20. The Labute approximate surface area is 107 Å². The highest BCUT2D eigenvalue weighted by Crippen LogP contribution is 2.15. The summed E-state index contributed by atoms with van der Waals surface area (Å²) in [6, 6.07) is 0. The zero-order chi connectivity index (χ0) is 12.4. The molecule has 0 unspecified atom stereocenters. The Morgan fingerprint density at radius 1 is 1.00 bits per heavy atom. The summed E-state index contributed by atoms with van der Waals surface area (Å²) in [7, 11) is 2.00. The lowest BCUT2D eigenvalue weighted by Crippen LogP contribution is -2.24. The van der Waals surface area contributed by atoms with Gasteiger partial charge in [-0.25, -0.2) is 9.97 Å². The fraction of sp³-hybridized carbons (Fsp3) is 0.538. The lowest BCUT2D eigenvalue weighted by atomic mass is 10.4. The molecule has 0 radical (unpaired) electrons. The van der Waals surface area contributed by atoms with E-state index in [1.54, 1.807) is 0 Å². The standard InChI is InChI=1S/C13H19N5/c1-16-8-4-14-12(16)13-15-5-9-18(13)11-10-17-6-2-3-7-17/h4-5,8-9H,2-3,6-7,10-11H2,1H3. The molecule has 0 amide bonds. The van der Waals surface area contributed by atoms with Gasteiger partial charge in [-0.15, -0.1) is 0 Å². The van der Waals surface area contributed by atoms with Gasteiger partial charge in [-0.1, -0.05) is 0 Å². The molecule has 2 aromatic heterocycles. The fourth-order valence-electron chi connectivity index (χ4n) is 2.53. The Morgan fingerprint density at radius 3 is 2.44 bits per heavy atom. The van der Waals surface area contributed by atoms with E-state index in [1.807, 2.05) is 36.4 Å². The monoisotopic (exact) mass is 245 g/mol. The number of nitrogens with zero attached hydrogens (tertiary/aromatic N) is 5. The van der Waals surface area contributed by atoms with Crippen LogP contribution in [-0.2, 0) is 13.6 Å². The van der Waals surface area contributed by atoms with Gasteiger partial charge in [0, 0.05) is 44.9 Å². The van der Waals surface area contributed by atoms with Crippen LogP contribution in [0.5, 0.6) is 0 Å². The van der Waals surface area contributed by atoms with E-state index < -0.39 is 0 Å². The third-order valence-corrected chi connectivity index (χ3v) is 3.59. The van der Waals surface area contributed by atoms with E-state index in [-0.39, 0.29) is 0 Å². The van der Waals surface area contributed by atoms with E-state index in [0.29, 0.717) is 0 Å². The Hall–Kier alpha value is -1.62. The van der Waals surface area contributed by atoms with Crippen LogP contribution in [-0.4, -0.2) is 43.6 Å². The molecule has 96 valence electrons. The van der Waals surface area contributed by atoms with Gasteiger partial charge >= 0.3 is 0 Å². The van der Waals surface area contributed by atoms with Crippen molar-refractivity contribution in [3.05, 3.63) is 24.8 Å². The molecule has 0 aromatic carbocycles. The first-order chi connectivity index (χ1) is 8.84. The molecule has 1 fully saturated rings. The molecule has 0 atom stereocenters. The lowest BCUT2D eigenvalue weighted by molar-refractivity contribution is 0.323. The molecule has 0 saturated carbocycles. The van der Waals surface area contributed by atoms with Crippen LogP contribution in [0.2, 0.25) is 0 Å². The first-order valence-corrected chi connectivity index (χ1v) is 6.56. The number of likely N-dealkylation sites (tertiary alicyclic amines) is 1. The summed E-state index contributed by atoms with van der Waals surface area (Å²) in [5, 5.41) is 0. The average molecular weight is 245 g/mol. The maximum Gasteiger partial charge on any atom is 0.176 e. The lowest BCUT2D eigenvalue weighted by Gasteiger charge is -2.15. The highest BCUT2D eigenvalue weighted by molar-refractivity contribution is 5.44. The van der Waals surface area contributed by atoms with Crippen molar-refractivity contribution < 1.29 is 0 Å². The van der Waals surface area contributed by atoms with E-state index in [9.17, 15) is 0 Å². The molecule has 5 heteroatoms. The Kier molecular flexibility index (Phi) is 3.15. The summed E-state index contributed by atoms with van der Waals surface area (Å²) in [5.74, 6) is 1.89. The van der Waals surface area contributed by atoms with E-state index in [1.165, 1.54) is 25.9 Å². The predicted molar refractivity (Wildman–Crippen MR) is 70.1 cm³/mol. The van der Waals surface area contributed by atoms with Gasteiger partial charge in [0.05, 0.1) is 0 Å². The second-order valence-corrected chi connectivity index (χ2v) is 4.85. The van der Waals surface area contributed by atoms with Crippen LogP contribution in [0.1, 0.15) is 12.8 Å². The molecule has 3 rings (SSSR count). The summed E-state index contributed by atoms with van der Waals surface area (Å²) >= 11 is 0. The van der Waals surface area contributed by atoms with Gasteiger partial charge in [-0.05, 0) is 25.9 Å². The molecule has 0 N–H and O–H groups in total. The molecule has 2 aromatic rings. The molecular formula is C13H19N5. The molecule has 0 bridgehead atoms. The van der Waals surface area contributed by atoms with Gasteiger partial charge in [0.25, 0.3) is 0 Å². The molecule has 1 aliphatic rings. The molecule has 0 spiro atoms. The van der Waals surface area contributed by atoms with Gasteiger partial charge in [-0.2, -0.15) is 0 Å². The summed E-state index contributed by atoms with van der Waals surface area (Å²) in [6.07, 6.45) is 10.4. The first-order valence-electron chi connectivity index (χ1n) is 6.56. The molecule has 5 nitrogen and oxygen atoms in total. The summed E-state index contributed by atoms with van der Waals surface area (Å²) in [6.45, 7) is 4.58. The zero-order valence-corrected chi connectivity index (χ0v) is 10.8. The molecule has 0 aliphatic carbocycles. The van der Waals surface area contributed by atoms with Crippen LogP contribution in [0.25, 0.3) is 11.6 Å². The fourth-order valence-corrected chi connectivity index (χ4v) is 2.53. The summed E-state index contributed by atoms with van der Waals surface area (Å²) in [4.78, 5) is 11.3. The Bertz CT molecular complexity index is 507. The van der Waals surface area contributed by atoms with Crippen molar-refractivity contribution in [2.75, 3.05) is 19.6 Å². The van der Waals surface area contributed by atoms with Crippen molar-refractivity contribution in [2.24, 2.45) is 7.05 Å².